The third-order valence-electron chi connectivity index (χ3n) is 6.33. The number of aliphatic hydroxyl groups is 1. The fourth-order valence-electron chi connectivity index (χ4n) is 4.32. The standard InChI is InChI=1S/C29H24N4O6/c1-17(34)25(29(36)39-16-18-7-3-2-4-8-18)32-28(35)24-15-22-21-9-5-6-10-23(21)30-27(22)26(31-24)19-11-13-20(14-12-19)33(37)38/h2-15,17,25,30,34H,16H2,1H3,(H,32,35)/t17-,25+/m1/s1. The van der Waals surface area contributed by atoms with Gasteiger partial charge in [0.15, 0.2) is 6.04 Å². The maximum absolute atomic E-state index is 13.4. The minimum atomic E-state index is -1.33. The van der Waals surface area contributed by atoms with E-state index < -0.39 is 28.9 Å². The first-order chi connectivity index (χ1) is 18.8. The van der Waals surface area contributed by atoms with E-state index in [2.05, 4.69) is 15.3 Å². The number of nitrogens with one attached hydrogen (secondary N) is 2. The number of carbonyl (C=O) groups excluding carboxylic acids is 2. The van der Waals surface area contributed by atoms with Crippen molar-refractivity contribution < 1.29 is 24.4 Å². The molecule has 0 spiro atoms. The molecule has 0 aliphatic carbocycles. The van der Waals surface area contributed by atoms with Gasteiger partial charge in [0.1, 0.15) is 12.3 Å². The van der Waals surface area contributed by atoms with E-state index in [4.69, 9.17) is 4.74 Å². The number of nitro benzene ring substituents is 1. The Labute approximate surface area is 222 Å². The van der Waals surface area contributed by atoms with Crippen LogP contribution in [0, 0.1) is 10.1 Å². The number of aromatic amines is 1. The van der Waals surface area contributed by atoms with Gasteiger partial charge in [-0.2, -0.15) is 0 Å². The second-order valence-corrected chi connectivity index (χ2v) is 9.04. The quantitative estimate of drug-likeness (QED) is 0.154. The van der Waals surface area contributed by atoms with Gasteiger partial charge in [0.05, 0.1) is 22.2 Å². The maximum Gasteiger partial charge on any atom is 0.331 e. The molecule has 0 unspecified atom stereocenters. The van der Waals surface area contributed by atoms with Gasteiger partial charge in [-0.15, -0.1) is 0 Å². The van der Waals surface area contributed by atoms with Crippen LogP contribution in [0.4, 0.5) is 5.69 Å². The Kier molecular flexibility index (Phi) is 7.02. The Balaban J connectivity index is 1.50. The van der Waals surface area contributed by atoms with E-state index in [9.17, 15) is 24.8 Å². The van der Waals surface area contributed by atoms with Gasteiger partial charge >= 0.3 is 5.97 Å². The van der Waals surface area contributed by atoms with Gasteiger partial charge in [-0.1, -0.05) is 48.5 Å². The minimum Gasteiger partial charge on any atom is -0.459 e. The van der Waals surface area contributed by atoms with Crippen LogP contribution in [-0.4, -0.2) is 44.0 Å². The first-order valence-electron chi connectivity index (χ1n) is 12.2. The van der Waals surface area contributed by atoms with Crippen LogP contribution in [0.2, 0.25) is 0 Å². The molecule has 2 atom stereocenters. The van der Waals surface area contributed by atoms with Crippen molar-refractivity contribution in [1.82, 2.24) is 15.3 Å². The number of carbonyl (C=O) groups is 2. The molecule has 5 aromatic rings. The van der Waals surface area contributed by atoms with Crippen LogP contribution < -0.4 is 5.32 Å². The first-order valence-corrected chi connectivity index (χ1v) is 12.2. The third kappa shape index (κ3) is 5.32. The number of hydrogen-bond acceptors (Lipinski definition) is 7. The second kappa shape index (κ2) is 10.7. The summed E-state index contributed by atoms with van der Waals surface area (Å²) in [6, 6.07) is 22.7. The number of fused-ring (bicyclic) bond motifs is 3. The number of aromatic nitrogens is 2. The SMILES string of the molecule is C[C@@H](O)[C@H](NC(=O)c1cc2c([nH]c3ccccc32)c(-c2ccc([N+](=O)[O-])cc2)n1)C(=O)OCc1ccccc1. The Morgan fingerprint density at radius 3 is 2.41 bits per heavy atom. The molecule has 0 aliphatic rings. The van der Waals surface area contributed by atoms with Crippen LogP contribution in [-0.2, 0) is 16.1 Å². The van der Waals surface area contributed by atoms with Crippen LogP contribution >= 0.6 is 0 Å². The fraction of sp³-hybridized carbons (Fsp3) is 0.138. The predicted molar refractivity (Wildman–Crippen MR) is 145 cm³/mol. The Morgan fingerprint density at radius 2 is 1.72 bits per heavy atom. The van der Waals surface area contributed by atoms with Gasteiger partial charge in [-0.3, -0.25) is 14.9 Å². The summed E-state index contributed by atoms with van der Waals surface area (Å²) in [4.78, 5) is 44.7. The molecular weight excluding hydrogens is 500 g/mol. The molecule has 2 aromatic heterocycles. The van der Waals surface area contributed by atoms with Crippen molar-refractivity contribution in [3.05, 3.63) is 106 Å². The Hall–Kier alpha value is -5.09. The van der Waals surface area contributed by atoms with Crippen LogP contribution in [0.25, 0.3) is 33.1 Å². The lowest BCUT2D eigenvalue weighted by molar-refractivity contribution is -0.384. The second-order valence-electron chi connectivity index (χ2n) is 9.04. The van der Waals surface area contributed by atoms with E-state index in [1.807, 2.05) is 42.5 Å². The van der Waals surface area contributed by atoms with E-state index in [1.165, 1.54) is 19.1 Å². The minimum absolute atomic E-state index is 0.00196. The lowest BCUT2D eigenvalue weighted by Gasteiger charge is -2.20. The van der Waals surface area contributed by atoms with Crippen molar-refractivity contribution in [3.8, 4) is 11.3 Å². The van der Waals surface area contributed by atoms with E-state index in [0.717, 1.165) is 16.5 Å². The number of ether oxygens (including phenoxy) is 1. The van der Waals surface area contributed by atoms with Crippen molar-refractivity contribution in [2.75, 3.05) is 0 Å². The normalized spacial score (nSPS) is 12.7. The summed E-state index contributed by atoms with van der Waals surface area (Å²) in [6.07, 6.45) is -1.23. The van der Waals surface area contributed by atoms with E-state index in [1.54, 1.807) is 30.3 Å². The molecule has 0 bridgehead atoms. The molecule has 3 aromatic carbocycles. The Bertz CT molecular complexity index is 1680. The zero-order valence-corrected chi connectivity index (χ0v) is 20.8. The van der Waals surface area contributed by atoms with Gasteiger partial charge in [0.2, 0.25) is 0 Å². The molecule has 1 amide bonds. The highest BCUT2D eigenvalue weighted by molar-refractivity contribution is 6.13. The number of H-pyrrole nitrogens is 1. The number of non-ortho nitro benzene ring substituents is 1. The number of nitrogens with zero attached hydrogens (tertiary/aromatic N) is 2. The molecule has 3 N–H and O–H groups in total. The summed E-state index contributed by atoms with van der Waals surface area (Å²) < 4.78 is 5.33. The van der Waals surface area contributed by atoms with E-state index in [0.29, 0.717) is 22.2 Å². The molecule has 196 valence electrons. The van der Waals surface area contributed by atoms with Crippen molar-refractivity contribution >= 4 is 39.4 Å². The monoisotopic (exact) mass is 524 g/mol. The van der Waals surface area contributed by atoms with Crippen LogP contribution in [0.3, 0.4) is 0 Å². The number of rotatable bonds is 8. The smallest absolute Gasteiger partial charge is 0.331 e. The number of para-hydroxylation sites is 1. The Morgan fingerprint density at radius 1 is 1.03 bits per heavy atom. The van der Waals surface area contributed by atoms with E-state index >= 15 is 0 Å². The highest BCUT2D eigenvalue weighted by Crippen LogP contribution is 2.33. The highest BCUT2D eigenvalue weighted by Gasteiger charge is 2.29. The number of esters is 1. The first kappa shape index (κ1) is 25.6. The predicted octanol–water partition coefficient (Wildman–Crippen LogP) is 4.51. The average molecular weight is 525 g/mol. The number of hydrogen-bond donors (Lipinski definition) is 3. The van der Waals surface area contributed by atoms with Crippen LogP contribution in [0.15, 0.2) is 84.9 Å². The molecule has 0 saturated heterocycles. The van der Waals surface area contributed by atoms with Gasteiger partial charge in [-0.25, -0.2) is 9.78 Å². The van der Waals surface area contributed by atoms with Crippen molar-refractivity contribution in [3.63, 3.8) is 0 Å². The highest BCUT2D eigenvalue weighted by atomic mass is 16.6. The molecule has 0 fully saturated rings. The molecule has 0 aliphatic heterocycles. The van der Waals surface area contributed by atoms with Crippen LogP contribution in [0.1, 0.15) is 23.0 Å². The van der Waals surface area contributed by atoms with Crippen molar-refractivity contribution in [1.29, 1.82) is 0 Å². The molecular formula is C29H24N4O6. The van der Waals surface area contributed by atoms with Gasteiger partial charge in [0.25, 0.3) is 11.6 Å². The van der Waals surface area contributed by atoms with Gasteiger partial charge in [-0.05, 0) is 36.8 Å². The molecule has 2 heterocycles. The zero-order valence-electron chi connectivity index (χ0n) is 20.8. The lowest BCUT2D eigenvalue weighted by Crippen LogP contribution is -2.48. The fourth-order valence-corrected chi connectivity index (χ4v) is 4.32. The number of pyridine rings is 1. The third-order valence-corrected chi connectivity index (χ3v) is 6.33. The number of nitro groups is 1. The van der Waals surface area contributed by atoms with Gasteiger partial charge in [0, 0.05) is 34.0 Å². The zero-order chi connectivity index (χ0) is 27.5. The summed E-state index contributed by atoms with van der Waals surface area (Å²) in [6.45, 7) is 1.37. The summed E-state index contributed by atoms with van der Waals surface area (Å²) in [5.41, 5.74) is 3.12. The molecule has 10 heteroatoms. The number of amides is 1. The summed E-state index contributed by atoms with van der Waals surface area (Å²) in [7, 11) is 0. The molecule has 39 heavy (non-hydrogen) atoms. The summed E-state index contributed by atoms with van der Waals surface area (Å²) in [5.74, 6) is -1.47. The van der Waals surface area contributed by atoms with Crippen LogP contribution in [0.5, 0.6) is 0 Å². The van der Waals surface area contributed by atoms with E-state index in [-0.39, 0.29) is 18.0 Å². The number of aliphatic hydroxyl groups excluding tert-OH is 1. The molecule has 5 rings (SSSR count). The molecule has 0 radical (unpaired) electrons. The topological polar surface area (TPSA) is 147 Å². The van der Waals surface area contributed by atoms with Crippen molar-refractivity contribution in [2.24, 2.45) is 0 Å². The largest absolute Gasteiger partial charge is 0.459 e. The summed E-state index contributed by atoms with van der Waals surface area (Å²) >= 11 is 0. The summed E-state index contributed by atoms with van der Waals surface area (Å²) in [5, 5.41) is 25.5. The number of benzene rings is 3. The maximum atomic E-state index is 13.4. The van der Waals surface area contributed by atoms with Crippen molar-refractivity contribution in [2.45, 2.75) is 25.7 Å². The van der Waals surface area contributed by atoms with Gasteiger partial charge < -0.3 is 20.1 Å². The lowest BCUT2D eigenvalue weighted by atomic mass is 10.1. The average Bonchev–Trinajstić information content (AvgIpc) is 3.33. The molecule has 0 saturated carbocycles. The molecule has 10 nitrogen and oxygen atoms in total.